The Hall–Kier alpha value is -1.71. The van der Waals surface area contributed by atoms with Crippen molar-refractivity contribution in [1.82, 2.24) is 0 Å². The van der Waals surface area contributed by atoms with Gasteiger partial charge in [-0.05, 0) is 49.2 Å². The molecule has 1 N–H and O–H groups in total. The van der Waals surface area contributed by atoms with E-state index in [4.69, 9.17) is 27.9 Å². The van der Waals surface area contributed by atoms with Crippen LogP contribution in [0.15, 0.2) is 42.5 Å². The quantitative estimate of drug-likeness (QED) is 0.824. The summed E-state index contributed by atoms with van der Waals surface area (Å²) in [6, 6.07) is 12.4. The average Bonchev–Trinajstić information content (AvgIpc) is 2.48. The Morgan fingerprint density at radius 1 is 1.23 bits per heavy atom. The average molecular weight is 338 g/mol. The molecular weight excluding hydrogens is 321 g/mol. The standard InChI is InChI=1S/C17H17Cl2NO2/c1-3-16(22-14-6-4-5-12(18)9-14)17(21)20-13-8-7-11(2)15(19)10-13/h4-10,16H,3H2,1-2H3,(H,20,21)/t16-/m0/s1. The fourth-order valence-electron chi connectivity index (χ4n) is 1.92. The third-order valence-electron chi connectivity index (χ3n) is 3.18. The third-order valence-corrected chi connectivity index (χ3v) is 3.82. The fraction of sp³-hybridized carbons (Fsp3) is 0.235. The Bertz CT molecular complexity index is 673. The predicted octanol–water partition coefficient (Wildman–Crippen LogP) is 5.10. The van der Waals surface area contributed by atoms with Crippen LogP contribution in [0.3, 0.4) is 0 Å². The lowest BCUT2D eigenvalue weighted by Crippen LogP contribution is -2.32. The number of hydrogen-bond acceptors (Lipinski definition) is 2. The number of hydrogen-bond donors (Lipinski definition) is 1. The number of benzene rings is 2. The zero-order valence-corrected chi connectivity index (χ0v) is 13.9. The molecule has 0 saturated carbocycles. The molecule has 0 aliphatic rings. The number of carbonyl (C=O) groups is 1. The first-order chi connectivity index (χ1) is 10.5. The molecule has 0 spiro atoms. The van der Waals surface area contributed by atoms with E-state index >= 15 is 0 Å². The summed E-state index contributed by atoms with van der Waals surface area (Å²) in [4.78, 5) is 12.3. The number of anilines is 1. The van der Waals surface area contributed by atoms with Crippen LogP contribution in [0.2, 0.25) is 10.0 Å². The molecule has 0 radical (unpaired) electrons. The monoisotopic (exact) mass is 337 g/mol. The normalized spacial score (nSPS) is 11.8. The van der Waals surface area contributed by atoms with Crippen LogP contribution in [0.5, 0.6) is 5.75 Å². The first kappa shape index (κ1) is 16.7. The molecule has 5 heteroatoms. The largest absolute Gasteiger partial charge is 0.481 e. The van der Waals surface area contributed by atoms with Crippen molar-refractivity contribution in [2.45, 2.75) is 26.4 Å². The van der Waals surface area contributed by atoms with Crippen molar-refractivity contribution >= 4 is 34.8 Å². The van der Waals surface area contributed by atoms with Gasteiger partial charge in [-0.15, -0.1) is 0 Å². The highest BCUT2D eigenvalue weighted by Gasteiger charge is 2.18. The highest BCUT2D eigenvalue weighted by atomic mass is 35.5. The second kappa shape index (κ2) is 7.52. The van der Waals surface area contributed by atoms with E-state index < -0.39 is 6.10 Å². The molecule has 0 unspecified atom stereocenters. The highest BCUT2D eigenvalue weighted by molar-refractivity contribution is 6.31. The van der Waals surface area contributed by atoms with E-state index in [1.54, 1.807) is 30.3 Å². The number of ether oxygens (including phenoxy) is 1. The van der Waals surface area contributed by atoms with Gasteiger partial charge in [-0.1, -0.05) is 42.3 Å². The Morgan fingerprint density at radius 2 is 2.00 bits per heavy atom. The maximum atomic E-state index is 12.3. The Labute approximate surface area is 140 Å². The molecule has 0 saturated heterocycles. The van der Waals surface area contributed by atoms with Crippen LogP contribution in [0.25, 0.3) is 0 Å². The van der Waals surface area contributed by atoms with E-state index in [1.165, 1.54) is 0 Å². The summed E-state index contributed by atoms with van der Waals surface area (Å²) in [5, 5.41) is 3.99. The molecule has 0 fully saturated rings. The first-order valence-electron chi connectivity index (χ1n) is 6.99. The number of amides is 1. The number of rotatable bonds is 5. The molecule has 2 aromatic rings. The maximum Gasteiger partial charge on any atom is 0.265 e. The summed E-state index contributed by atoms with van der Waals surface area (Å²) >= 11 is 12.0. The number of carbonyl (C=O) groups excluding carboxylic acids is 1. The van der Waals surface area contributed by atoms with Gasteiger partial charge in [-0.2, -0.15) is 0 Å². The molecular formula is C17H17Cl2NO2. The molecule has 1 amide bonds. The molecule has 0 heterocycles. The van der Waals surface area contributed by atoms with Crippen molar-refractivity contribution in [3.05, 3.63) is 58.1 Å². The van der Waals surface area contributed by atoms with E-state index in [-0.39, 0.29) is 5.91 Å². The van der Waals surface area contributed by atoms with E-state index in [0.717, 1.165) is 5.56 Å². The van der Waals surface area contributed by atoms with Crippen molar-refractivity contribution < 1.29 is 9.53 Å². The minimum atomic E-state index is -0.599. The predicted molar refractivity (Wildman–Crippen MR) is 91.0 cm³/mol. The molecule has 0 bridgehead atoms. The van der Waals surface area contributed by atoms with E-state index in [0.29, 0.717) is 27.9 Å². The van der Waals surface area contributed by atoms with Crippen molar-refractivity contribution in [3.8, 4) is 5.75 Å². The molecule has 2 rings (SSSR count). The summed E-state index contributed by atoms with van der Waals surface area (Å²) in [7, 11) is 0. The lowest BCUT2D eigenvalue weighted by atomic mass is 10.2. The van der Waals surface area contributed by atoms with Crippen molar-refractivity contribution in [2.75, 3.05) is 5.32 Å². The van der Waals surface area contributed by atoms with Gasteiger partial charge in [0.15, 0.2) is 6.10 Å². The summed E-state index contributed by atoms with van der Waals surface area (Å²) < 4.78 is 5.70. The number of halogens is 2. The summed E-state index contributed by atoms with van der Waals surface area (Å²) in [5.74, 6) is 0.346. The van der Waals surface area contributed by atoms with Crippen LogP contribution >= 0.6 is 23.2 Å². The molecule has 3 nitrogen and oxygen atoms in total. The van der Waals surface area contributed by atoms with Gasteiger partial charge in [-0.25, -0.2) is 0 Å². The van der Waals surface area contributed by atoms with Crippen LogP contribution in [-0.4, -0.2) is 12.0 Å². The van der Waals surface area contributed by atoms with Gasteiger partial charge in [0.05, 0.1) is 0 Å². The summed E-state index contributed by atoms with van der Waals surface area (Å²) in [6.45, 7) is 3.79. The van der Waals surface area contributed by atoms with Crippen molar-refractivity contribution in [2.24, 2.45) is 0 Å². The fourth-order valence-corrected chi connectivity index (χ4v) is 2.28. The van der Waals surface area contributed by atoms with Gasteiger partial charge in [0, 0.05) is 15.7 Å². The molecule has 116 valence electrons. The van der Waals surface area contributed by atoms with E-state index in [1.807, 2.05) is 26.0 Å². The maximum absolute atomic E-state index is 12.3. The minimum Gasteiger partial charge on any atom is -0.481 e. The highest BCUT2D eigenvalue weighted by Crippen LogP contribution is 2.22. The van der Waals surface area contributed by atoms with Crippen LogP contribution in [0, 0.1) is 6.92 Å². The lowest BCUT2D eigenvalue weighted by Gasteiger charge is -2.17. The van der Waals surface area contributed by atoms with Gasteiger partial charge >= 0.3 is 0 Å². The SMILES string of the molecule is CC[C@H](Oc1cccc(Cl)c1)C(=O)Nc1ccc(C)c(Cl)c1. The molecule has 2 aromatic carbocycles. The lowest BCUT2D eigenvalue weighted by molar-refractivity contribution is -0.122. The van der Waals surface area contributed by atoms with Gasteiger partial charge in [0.1, 0.15) is 5.75 Å². The summed E-state index contributed by atoms with van der Waals surface area (Å²) in [6.07, 6.45) is -0.0589. The Balaban J connectivity index is 2.06. The van der Waals surface area contributed by atoms with Crippen molar-refractivity contribution in [3.63, 3.8) is 0 Å². The Kier molecular flexibility index (Phi) is 5.69. The minimum absolute atomic E-state index is 0.220. The number of nitrogens with one attached hydrogen (secondary N) is 1. The molecule has 0 aliphatic carbocycles. The van der Waals surface area contributed by atoms with Crippen LogP contribution in [-0.2, 0) is 4.79 Å². The van der Waals surface area contributed by atoms with E-state index in [9.17, 15) is 4.79 Å². The van der Waals surface area contributed by atoms with Gasteiger partial charge in [0.25, 0.3) is 5.91 Å². The van der Waals surface area contributed by atoms with Crippen molar-refractivity contribution in [1.29, 1.82) is 0 Å². The topological polar surface area (TPSA) is 38.3 Å². The van der Waals surface area contributed by atoms with Crippen LogP contribution in [0.4, 0.5) is 5.69 Å². The zero-order valence-electron chi connectivity index (χ0n) is 12.4. The smallest absolute Gasteiger partial charge is 0.265 e. The van der Waals surface area contributed by atoms with Crippen LogP contribution < -0.4 is 10.1 Å². The number of aryl methyl sites for hydroxylation is 1. The van der Waals surface area contributed by atoms with Gasteiger partial charge in [0.2, 0.25) is 0 Å². The molecule has 0 aliphatic heterocycles. The Morgan fingerprint density at radius 3 is 2.64 bits per heavy atom. The third kappa shape index (κ3) is 4.39. The molecule has 0 aromatic heterocycles. The van der Waals surface area contributed by atoms with Gasteiger partial charge < -0.3 is 10.1 Å². The zero-order chi connectivity index (χ0) is 16.1. The molecule has 22 heavy (non-hydrogen) atoms. The van der Waals surface area contributed by atoms with Gasteiger partial charge in [-0.3, -0.25) is 4.79 Å². The second-order valence-electron chi connectivity index (χ2n) is 4.93. The van der Waals surface area contributed by atoms with Crippen LogP contribution in [0.1, 0.15) is 18.9 Å². The second-order valence-corrected chi connectivity index (χ2v) is 5.77. The molecule has 1 atom stereocenters. The summed E-state index contributed by atoms with van der Waals surface area (Å²) in [5.41, 5.74) is 1.61. The van der Waals surface area contributed by atoms with E-state index in [2.05, 4.69) is 5.32 Å². The first-order valence-corrected chi connectivity index (χ1v) is 7.74.